The van der Waals surface area contributed by atoms with Crippen molar-refractivity contribution in [1.82, 2.24) is 14.9 Å². The number of amides is 2. The Hall–Kier alpha value is -4.46. The van der Waals surface area contributed by atoms with Crippen molar-refractivity contribution in [2.75, 3.05) is 12.4 Å². The van der Waals surface area contributed by atoms with E-state index in [4.69, 9.17) is 4.74 Å². The number of benzene rings is 3. The van der Waals surface area contributed by atoms with Crippen LogP contribution in [-0.4, -0.2) is 28.5 Å². The van der Waals surface area contributed by atoms with Crippen molar-refractivity contribution >= 4 is 17.5 Å². The molecule has 0 fully saturated rings. The molecule has 4 aromatic rings. The number of nitrogens with one attached hydrogen (secondary N) is 2. The lowest BCUT2D eigenvalue weighted by Crippen LogP contribution is -2.23. The van der Waals surface area contributed by atoms with Crippen LogP contribution >= 0.6 is 0 Å². The smallest absolute Gasteiger partial charge is 0.271 e. The highest BCUT2D eigenvalue weighted by Crippen LogP contribution is 2.15. The zero-order valence-corrected chi connectivity index (χ0v) is 19.9. The van der Waals surface area contributed by atoms with Gasteiger partial charge in [0.15, 0.2) is 0 Å². The Kier molecular flexibility index (Phi) is 8.08. The molecule has 0 atom stereocenters. The summed E-state index contributed by atoms with van der Waals surface area (Å²) in [5, 5.41) is 5.70. The summed E-state index contributed by atoms with van der Waals surface area (Å²) in [6, 6.07) is 21.2. The van der Waals surface area contributed by atoms with Crippen molar-refractivity contribution in [3.8, 4) is 5.75 Å². The van der Waals surface area contributed by atoms with Crippen molar-refractivity contribution in [3.63, 3.8) is 0 Å². The number of carbonyl (C=O) groups excluding carboxylic acids is 2. The minimum Gasteiger partial charge on any atom is -0.497 e. The molecule has 0 bridgehead atoms. The van der Waals surface area contributed by atoms with Gasteiger partial charge >= 0.3 is 0 Å². The SMILES string of the molecule is COc1ccc(CCC(=O)Nc2ccc(Cn3cnc(C(=O)NCc4ccc(F)cc4)c3)cc2)cc1. The molecule has 36 heavy (non-hydrogen) atoms. The van der Waals surface area contributed by atoms with Gasteiger partial charge in [-0.25, -0.2) is 9.37 Å². The molecule has 184 valence electrons. The molecular formula is C28H27FN4O3. The monoisotopic (exact) mass is 486 g/mol. The Morgan fingerprint density at radius 1 is 0.917 bits per heavy atom. The van der Waals surface area contributed by atoms with Gasteiger partial charge in [-0.05, 0) is 59.5 Å². The molecule has 2 amide bonds. The first-order chi connectivity index (χ1) is 17.5. The number of hydrogen-bond donors (Lipinski definition) is 2. The first kappa shape index (κ1) is 24.7. The van der Waals surface area contributed by atoms with Crippen LogP contribution in [0.15, 0.2) is 85.3 Å². The van der Waals surface area contributed by atoms with Crippen LogP contribution in [0.5, 0.6) is 5.75 Å². The van der Waals surface area contributed by atoms with Gasteiger partial charge in [0.1, 0.15) is 17.3 Å². The highest BCUT2D eigenvalue weighted by molar-refractivity contribution is 5.92. The van der Waals surface area contributed by atoms with E-state index >= 15 is 0 Å². The number of nitrogens with zero attached hydrogens (tertiary/aromatic N) is 2. The van der Waals surface area contributed by atoms with Gasteiger partial charge in [-0.15, -0.1) is 0 Å². The largest absolute Gasteiger partial charge is 0.497 e. The van der Waals surface area contributed by atoms with Gasteiger partial charge in [0.05, 0.1) is 13.4 Å². The molecule has 4 rings (SSSR count). The fraction of sp³-hybridized carbons (Fsp3) is 0.179. The third-order valence-electron chi connectivity index (χ3n) is 5.63. The predicted molar refractivity (Wildman–Crippen MR) is 135 cm³/mol. The summed E-state index contributed by atoms with van der Waals surface area (Å²) in [5.41, 5.74) is 3.91. The van der Waals surface area contributed by atoms with Crippen LogP contribution in [0.25, 0.3) is 0 Å². The average molecular weight is 487 g/mol. The zero-order chi connectivity index (χ0) is 25.3. The van der Waals surface area contributed by atoms with Gasteiger partial charge in [0.25, 0.3) is 5.91 Å². The number of halogens is 1. The van der Waals surface area contributed by atoms with E-state index < -0.39 is 0 Å². The van der Waals surface area contributed by atoms with Crippen LogP contribution in [0, 0.1) is 5.82 Å². The second-order valence-corrected chi connectivity index (χ2v) is 8.33. The topological polar surface area (TPSA) is 85.2 Å². The van der Waals surface area contributed by atoms with Crippen molar-refractivity contribution in [2.45, 2.75) is 25.9 Å². The fourth-order valence-electron chi connectivity index (χ4n) is 3.62. The Morgan fingerprint density at radius 3 is 2.28 bits per heavy atom. The van der Waals surface area contributed by atoms with E-state index in [0.29, 0.717) is 31.6 Å². The second kappa shape index (κ2) is 11.8. The van der Waals surface area contributed by atoms with Gasteiger partial charge in [-0.2, -0.15) is 0 Å². The van der Waals surface area contributed by atoms with Gasteiger partial charge < -0.3 is 19.9 Å². The molecule has 0 aliphatic carbocycles. The van der Waals surface area contributed by atoms with E-state index in [2.05, 4.69) is 15.6 Å². The van der Waals surface area contributed by atoms with Gasteiger partial charge in [-0.1, -0.05) is 36.4 Å². The van der Waals surface area contributed by atoms with E-state index in [-0.39, 0.29) is 17.6 Å². The molecule has 0 unspecified atom stereocenters. The third kappa shape index (κ3) is 7.02. The van der Waals surface area contributed by atoms with E-state index in [9.17, 15) is 14.0 Å². The van der Waals surface area contributed by atoms with E-state index in [1.165, 1.54) is 12.1 Å². The molecule has 0 aliphatic rings. The summed E-state index contributed by atoms with van der Waals surface area (Å²) < 4.78 is 20.0. The molecular weight excluding hydrogens is 459 g/mol. The van der Waals surface area contributed by atoms with Gasteiger partial charge in [-0.3, -0.25) is 9.59 Å². The maximum Gasteiger partial charge on any atom is 0.271 e. The second-order valence-electron chi connectivity index (χ2n) is 8.33. The summed E-state index contributed by atoms with van der Waals surface area (Å²) in [4.78, 5) is 28.8. The molecule has 0 saturated heterocycles. The Bertz CT molecular complexity index is 1300. The van der Waals surface area contributed by atoms with Crippen LogP contribution in [-0.2, 0) is 24.3 Å². The minimum absolute atomic E-state index is 0.0514. The van der Waals surface area contributed by atoms with E-state index in [1.54, 1.807) is 31.8 Å². The Morgan fingerprint density at radius 2 is 1.58 bits per heavy atom. The van der Waals surface area contributed by atoms with Gasteiger partial charge in [0, 0.05) is 31.4 Å². The summed E-state index contributed by atoms with van der Waals surface area (Å²) in [6.07, 6.45) is 4.31. The lowest BCUT2D eigenvalue weighted by atomic mass is 10.1. The quantitative estimate of drug-likeness (QED) is 0.344. The molecule has 1 heterocycles. The van der Waals surface area contributed by atoms with Crippen molar-refractivity contribution in [1.29, 1.82) is 0 Å². The molecule has 0 spiro atoms. The number of ether oxygens (including phenoxy) is 1. The average Bonchev–Trinajstić information content (AvgIpc) is 3.37. The van der Waals surface area contributed by atoms with Crippen LogP contribution in [0.4, 0.5) is 10.1 Å². The number of methoxy groups -OCH3 is 1. The third-order valence-corrected chi connectivity index (χ3v) is 5.63. The number of hydrogen-bond acceptors (Lipinski definition) is 4. The van der Waals surface area contributed by atoms with Crippen LogP contribution in [0.2, 0.25) is 0 Å². The maximum atomic E-state index is 13.0. The highest BCUT2D eigenvalue weighted by atomic mass is 19.1. The fourth-order valence-corrected chi connectivity index (χ4v) is 3.62. The molecule has 8 heteroatoms. The highest BCUT2D eigenvalue weighted by Gasteiger charge is 2.10. The number of aryl methyl sites for hydroxylation is 1. The van der Waals surface area contributed by atoms with E-state index in [0.717, 1.165) is 28.1 Å². The number of aromatic nitrogens is 2. The van der Waals surface area contributed by atoms with E-state index in [1.807, 2.05) is 53.1 Å². The summed E-state index contributed by atoms with van der Waals surface area (Å²) in [5.74, 6) is 0.125. The molecule has 2 N–H and O–H groups in total. The maximum absolute atomic E-state index is 13.0. The van der Waals surface area contributed by atoms with Gasteiger partial charge in [0.2, 0.25) is 5.91 Å². The summed E-state index contributed by atoms with van der Waals surface area (Å²) in [7, 11) is 1.62. The number of carbonyl (C=O) groups is 2. The Labute approximate surface area is 208 Å². The number of imidazole rings is 1. The molecule has 7 nitrogen and oxygen atoms in total. The van der Waals surface area contributed by atoms with Crippen molar-refractivity contribution in [2.24, 2.45) is 0 Å². The standard InChI is InChI=1S/C28H27FN4O3/c1-36-25-13-6-20(7-14-25)8-15-27(34)32-24-11-4-22(5-12-24)17-33-18-26(31-19-33)28(35)30-16-21-2-9-23(29)10-3-21/h2-7,9-14,18-19H,8,15-17H2,1H3,(H,30,35)(H,32,34). The minimum atomic E-state index is -0.316. The lowest BCUT2D eigenvalue weighted by molar-refractivity contribution is -0.116. The molecule has 0 radical (unpaired) electrons. The first-order valence-corrected chi connectivity index (χ1v) is 11.5. The molecule has 3 aromatic carbocycles. The number of anilines is 1. The normalized spacial score (nSPS) is 10.6. The van der Waals surface area contributed by atoms with Crippen LogP contribution < -0.4 is 15.4 Å². The number of rotatable bonds is 10. The summed E-state index contributed by atoms with van der Waals surface area (Å²) >= 11 is 0. The first-order valence-electron chi connectivity index (χ1n) is 11.5. The molecule has 0 saturated carbocycles. The van der Waals surface area contributed by atoms with Crippen LogP contribution in [0.1, 0.15) is 33.6 Å². The molecule has 0 aliphatic heterocycles. The molecule has 1 aromatic heterocycles. The van der Waals surface area contributed by atoms with Crippen LogP contribution in [0.3, 0.4) is 0 Å². The summed E-state index contributed by atoms with van der Waals surface area (Å²) in [6.45, 7) is 0.823. The lowest BCUT2D eigenvalue weighted by Gasteiger charge is -2.08. The van der Waals surface area contributed by atoms with Crippen molar-refractivity contribution < 1.29 is 18.7 Å². The van der Waals surface area contributed by atoms with Crippen molar-refractivity contribution in [3.05, 3.63) is 114 Å². The predicted octanol–water partition coefficient (Wildman–Crippen LogP) is 4.58. The Balaban J connectivity index is 1.23. The zero-order valence-electron chi connectivity index (χ0n) is 19.9.